The molecule has 0 aliphatic heterocycles. The summed E-state index contributed by atoms with van der Waals surface area (Å²) in [5.41, 5.74) is 3.60. The summed E-state index contributed by atoms with van der Waals surface area (Å²) in [6.45, 7) is 13.8. The Morgan fingerprint density at radius 3 is 1.97 bits per heavy atom. The molecule has 1 heterocycles. The van der Waals surface area contributed by atoms with Crippen LogP contribution in [0.15, 0.2) is 48.7 Å². The number of halogens is 1. The monoisotopic (exact) mass is 550 g/mol. The van der Waals surface area contributed by atoms with Gasteiger partial charge in [-0.25, -0.2) is 4.39 Å². The van der Waals surface area contributed by atoms with Gasteiger partial charge in [-0.05, 0) is 36.6 Å². The molecule has 0 radical (unpaired) electrons. The molecular formula is C32H47FN2OSi2. The molecule has 3 aromatic rings. The number of carbonyl (C=O) groups excluding carboxylic acids is 1. The summed E-state index contributed by atoms with van der Waals surface area (Å²) in [7, 11) is -2.87. The standard InChI is InChI=1S/C32H47FN2OSi2/c1-7-37(8-2,9-3)23-20-25-18-19-28(33)27(21-24-38(10-4,11-5)12-6)30(25)32(36)35-29-17-13-15-26-16-14-22-34-31(26)29/h13-19,22H,7-12,20-21,23-24H2,1-6H3,(H,35,36). The van der Waals surface area contributed by atoms with E-state index in [2.05, 4.69) is 51.8 Å². The summed E-state index contributed by atoms with van der Waals surface area (Å²) >= 11 is 0. The van der Waals surface area contributed by atoms with E-state index in [0.29, 0.717) is 23.2 Å². The van der Waals surface area contributed by atoms with Crippen LogP contribution in [-0.2, 0) is 12.8 Å². The smallest absolute Gasteiger partial charge is 0.256 e. The molecule has 0 atom stereocenters. The zero-order valence-electron chi connectivity index (χ0n) is 24.4. The summed E-state index contributed by atoms with van der Waals surface area (Å²) < 4.78 is 15.6. The van der Waals surface area contributed by atoms with Crippen molar-refractivity contribution in [1.82, 2.24) is 4.98 Å². The molecule has 1 amide bonds. The van der Waals surface area contributed by atoms with Gasteiger partial charge in [0, 0.05) is 22.7 Å². The molecule has 0 saturated carbocycles. The van der Waals surface area contributed by atoms with Crippen molar-refractivity contribution in [1.29, 1.82) is 0 Å². The zero-order chi connectivity index (χ0) is 27.8. The number of anilines is 1. The van der Waals surface area contributed by atoms with E-state index < -0.39 is 16.1 Å². The van der Waals surface area contributed by atoms with Crippen LogP contribution in [0.2, 0.25) is 48.4 Å². The second-order valence-electron chi connectivity index (χ2n) is 11.0. The molecule has 1 N–H and O–H groups in total. The number of amides is 1. The SMILES string of the molecule is CC[Si](CC)(CC)CCc1ccc(F)c(CC[Si](CC)(CC)CC)c1C(=O)Nc1cccc2cccnc12. The van der Waals surface area contributed by atoms with E-state index in [1.54, 1.807) is 12.3 Å². The number of fused-ring (bicyclic) bond motifs is 1. The van der Waals surface area contributed by atoms with Crippen molar-refractivity contribution < 1.29 is 9.18 Å². The second kappa shape index (κ2) is 13.7. The minimum Gasteiger partial charge on any atom is -0.320 e. The number of nitrogens with one attached hydrogen (secondary N) is 1. The minimum atomic E-state index is -1.48. The molecule has 1 aromatic heterocycles. The molecule has 0 fully saturated rings. The van der Waals surface area contributed by atoms with Gasteiger partial charge in [0.15, 0.2) is 0 Å². The maximum Gasteiger partial charge on any atom is 0.256 e. The van der Waals surface area contributed by atoms with Crippen molar-refractivity contribution >= 4 is 38.6 Å². The average molecular weight is 551 g/mol. The third-order valence-electron chi connectivity index (χ3n) is 9.78. The number of nitrogens with zero attached hydrogens (tertiary/aromatic N) is 1. The summed E-state index contributed by atoms with van der Waals surface area (Å²) in [6.07, 6.45) is 3.21. The highest BCUT2D eigenvalue weighted by atomic mass is 28.3. The third-order valence-corrected chi connectivity index (χ3v) is 21.4. The molecular weight excluding hydrogens is 504 g/mol. The molecule has 38 heavy (non-hydrogen) atoms. The van der Waals surface area contributed by atoms with Gasteiger partial charge in [0.05, 0.1) is 27.4 Å². The first kappa shape index (κ1) is 30.2. The number of hydrogen-bond acceptors (Lipinski definition) is 2. The summed E-state index contributed by atoms with van der Waals surface area (Å²) in [4.78, 5) is 18.6. The van der Waals surface area contributed by atoms with Gasteiger partial charge in [-0.3, -0.25) is 9.78 Å². The quantitative estimate of drug-likeness (QED) is 0.203. The number of benzene rings is 2. The van der Waals surface area contributed by atoms with Crippen LogP contribution in [0.25, 0.3) is 10.9 Å². The lowest BCUT2D eigenvalue weighted by molar-refractivity contribution is 0.102. The first-order chi connectivity index (χ1) is 18.3. The Kier molecular flexibility index (Phi) is 10.9. The van der Waals surface area contributed by atoms with Gasteiger partial charge >= 0.3 is 0 Å². The van der Waals surface area contributed by atoms with Gasteiger partial charge < -0.3 is 5.32 Å². The van der Waals surface area contributed by atoms with Gasteiger partial charge in [-0.15, -0.1) is 0 Å². The molecule has 2 aromatic carbocycles. The molecule has 3 nitrogen and oxygen atoms in total. The topological polar surface area (TPSA) is 42.0 Å². The van der Waals surface area contributed by atoms with Crippen molar-refractivity contribution in [2.24, 2.45) is 0 Å². The van der Waals surface area contributed by atoms with E-state index in [1.807, 2.05) is 36.4 Å². The van der Waals surface area contributed by atoms with E-state index >= 15 is 4.39 Å². The molecule has 0 aliphatic carbocycles. The van der Waals surface area contributed by atoms with Crippen LogP contribution in [0, 0.1) is 5.82 Å². The number of pyridine rings is 1. The number of hydrogen-bond donors (Lipinski definition) is 1. The Morgan fingerprint density at radius 1 is 0.789 bits per heavy atom. The molecule has 3 rings (SSSR count). The highest BCUT2D eigenvalue weighted by molar-refractivity contribution is 6.80. The predicted octanol–water partition coefficient (Wildman–Crippen LogP) is 9.73. The van der Waals surface area contributed by atoms with Crippen LogP contribution in [-0.4, -0.2) is 27.0 Å². The van der Waals surface area contributed by atoms with Crippen LogP contribution >= 0.6 is 0 Å². The lowest BCUT2D eigenvalue weighted by Crippen LogP contribution is -2.33. The normalized spacial score (nSPS) is 12.2. The molecule has 0 unspecified atom stereocenters. The minimum absolute atomic E-state index is 0.207. The van der Waals surface area contributed by atoms with Crippen molar-refractivity contribution in [2.45, 2.75) is 103 Å². The lowest BCUT2D eigenvalue weighted by atomic mass is 9.96. The number of carbonyl (C=O) groups is 1. The van der Waals surface area contributed by atoms with Crippen LogP contribution in [0.1, 0.15) is 63.0 Å². The lowest BCUT2D eigenvalue weighted by Gasteiger charge is -2.30. The van der Waals surface area contributed by atoms with Crippen molar-refractivity contribution in [3.63, 3.8) is 0 Å². The van der Waals surface area contributed by atoms with Crippen LogP contribution in [0.4, 0.5) is 10.1 Å². The van der Waals surface area contributed by atoms with Gasteiger partial charge in [-0.2, -0.15) is 0 Å². The Balaban J connectivity index is 2.06. The van der Waals surface area contributed by atoms with Gasteiger partial charge in [-0.1, -0.05) is 114 Å². The van der Waals surface area contributed by atoms with Crippen molar-refractivity contribution in [2.75, 3.05) is 5.32 Å². The van der Waals surface area contributed by atoms with E-state index in [1.165, 1.54) is 36.3 Å². The third kappa shape index (κ3) is 6.63. The summed E-state index contributed by atoms with van der Waals surface area (Å²) in [6, 6.07) is 22.7. The van der Waals surface area contributed by atoms with Crippen molar-refractivity contribution in [3.8, 4) is 0 Å². The van der Waals surface area contributed by atoms with Crippen LogP contribution in [0.5, 0.6) is 0 Å². The Bertz CT molecular complexity index is 1200. The first-order valence-corrected chi connectivity index (χ1v) is 20.4. The van der Waals surface area contributed by atoms with Gasteiger partial charge in [0.2, 0.25) is 0 Å². The largest absolute Gasteiger partial charge is 0.320 e. The molecule has 0 saturated heterocycles. The maximum atomic E-state index is 15.6. The summed E-state index contributed by atoms with van der Waals surface area (Å²) in [5.74, 6) is -0.452. The summed E-state index contributed by atoms with van der Waals surface area (Å²) in [5, 5.41) is 4.11. The number of aromatic nitrogens is 1. The van der Waals surface area contributed by atoms with E-state index in [4.69, 9.17) is 0 Å². The number of para-hydroxylation sites is 1. The van der Waals surface area contributed by atoms with Gasteiger partial charge in [0.1, 0.15) is 5.82 Å². The fourth-order valence-electron chi connectivity index (χ4n) is 6.15. The second-order valence-corrected chi connectivity index (χ2v) is 22.3. The molecule has 206 valence electrons. The fourth-order valence-corrected chi connectivity index (χ4v) is 12.8. The number of rotatable bonds is 14. The first-order valence-electron chi connectivity index (χ1n) is 14.8. The van der Waals surface area contributed by atoms with E-state index in [9.17, 15) is 4.79 Å². The predicted molar refractivity (Wildman–Crippen MR) is 168 cm³/mol. The highest BCUT2D eigenvalue weighted by Crippen LogP contribution is 2.33. The van der Waals surface area contributed by atoms with Crippen LogP contribution in [0.3, 0.4) is 0 Å². The fraction of sp³-hybridized carbons (Fsp3) is 0.500. The Morgan fingerprint density at radius 2 is 1.37 bits per heavy atom. The average Bonchev–Trinajstić information content (AvgIpc) is 2.96. The van der Waals surface area contributed by atoms with Crippen molar-refractivity contribution in [3.05, 3.63) is 71.2 Å². The molecule has 6 heteroatoms. The highest BCUT2D eigenvalue weighted by Gasteiger charge is 2.30. The Hall–Kier alpha value is -2.32. The molecule has 0 spiro atoms. The molecule has 0 bridgehead atoms. The van der Waals surface area contributed by atoms with Gasteiger partial charge in [0.25, 0.3) is 5.91 Å². The Labute approximate surface area is 231 Å². The maximum absolute atomic E-state index is 15.6. The number of aryl methyl sites for hydroxylation is 1. The molecule has 0 aliphatic rings. The van der Waals surface area contributed by atoms with E-state index in [-0.39, 0.29) is 11.7 Å². The van der Waals surface area contributed by atoms with E-state index in [0.717, 1.165) is 35.0 Å². The van der Waals surface area contributed by atoms with Crippen LogP contribution < -0.4 is 5.32 Å². The zero-order valence-corrected chi connectivity index (χ0v) is 26.4.